The molecule has 3 aromatic rings. The first-order valence-corrected chi connectivity index (χ1v) is 9.64. The van der Waals surface area contributed by atoms with E-state index in [1.54, 1.807) is 17.8 Å². The molecule has 136 valence electrons. The molecule has 0 spiro atoms. The Morgan fingerprint density at radius 3 is 2.85 bits per heavy atom. The van der Waals surface area contributed by atoms with Crippen molar-refractivity contribution in [1.82, 2.24) is 9.55 Å². The zero-order chi connectivity index (χ0) is 18.3. The van der Waals surface area contributed by atoms with Crippen molar-refractivity contribution in [2.45, 2.75) is 39.0 Å². The topological polar surface area (TPSA) is 44.1 Å². The van der Waals surface area contributed by atoms with E-state index >= 15 is 0 Å². The van der Waals surface area contributed by atoms with Crippen LogP contribution in [-0.4, -0.2) is 16.2 Å². The van der Waals surface area contributed by atoms with Gasteiger partial charge < -0.3 is 9.30 Å². The number of hydrogen-bond donors (Lipinski definition) is 0. The fourth-order valence-corrected chi connectivity index (χ4v) is 4.04. The van der Waals surface area contributed by atoms with Gasteiger partial charge in [0.05, 0.1) is 28.2 Å². The van der Waals surface area contributed by atoms with Crippen LogP contribution >= 0.6 is 11.6 Å². The molecule has 2 heterocycles. The first-order valence-electron chi connectivity index (χ1n) is 9.26. The summed E-state index contributed by atoms with van der Waals surface area (Å²) in [4.78, 5) is 17.0. The molecule has 0 aliphatic heterocycles. The van der Waals surface area contributed by atoms with Crippen LogP contribution in [0.4, 0.5) is 0 Å². The number of halogens is 1. The number of ether oxygens (including phenoxy) is 1. The molecule has 4 nitrogen and oxygen atoms in total. The summed E-state index contributed by atoms with van der Waals surface area (Å²) in [6.07, 6.45) is 8.09. The molecule has 0 amide bonds. The largest absolute Gasteiger partial charge is 0.492 e. The number of hydrogen-bond acceptors (Lipinski definition) is 3. The maximum atomic E-state index is 12.8. The molecule has 0 radical (unpaired) electrons. The summed E-state index contributed by atoms with van der Waals surface area (Å²) >= 11 is 6.49. The van der Waals surface area contributed by atoms with E-state index in [-0.39, 0.29) is 5.56 Å². The lowest BCUT2D eigenvalue weighted by Gasteiger charge is -2.25. The van der Waals surface area contributed by atoms with Gasteiger partial charge in [-0.05, 0) is 43.2 Å². The molecule has 2 aromatic heterocycles. The highest BCUT2D eigenvalue weighted by Crippen LogP contribution is 2.34. The Bertz CT molecular complexity index is 1040. The summed E-state index contributed by atoms with van der Waals surface area (Å²) in [5, 5.41) is 3.05. The van der Waals surface area contributed by atoms with Gasteiger partial charge in [0, 0.05) is 24.7 Å². The highest BCUT2D eigenvalue weighted by atomic mass is 35.5. The van der Waals surface area contributed by atoms with Crippen molar-refractivity contribution >= 4 is 33.3 Å². The van der Waals surface area contributed by atoms with E-state index in [0.717, 1.165) is 34.3 Å². The molecular formula is C21H23ClN2O2. The summed E-state index contributed by atoms with van der Waals surface area (Å²) in [5.74, 6) is 1.53. The van der Waals surface area contributed by atoms with Crippen LogP contribution in [0.25, 0.3) is 21.7 Å². The van der Waals surface area contributed by atoms with Crippen molar-refractivity contribution in [3.05, 3.63) is 45.5 Å². The van der Waals surface area contributed by atoms with E-state index in [1.165, 1.54) is 25.7 Å². The van der Waals surface area contributed by atoms with Crippen molar-refractivity contribution in [2.24, 2.45) is 13.0 Å². The number of fused-ring (bicyclic) bond motifs is 3. The number of nitrogens with zero attached hydrogens (tertiary/aromatic N) is 2. The van der Waals surface area contributed by atoms with Crippen LogP contribution in [0.2, 0.25) is 5.02 Å². The van der Waals surface area contributed by atoms with Gasteiger partial charge in [-0.15, -0.1) is 0 Å². The van der Waals surface area contributed by atoms with E-state index < -0.39 is 0 Å². The minimum absolute atomic E-state index is 0.0450. The Balaban J connectivity index is 1.70. The second-order valence-corrected chi connectivity index (χ2v) is 7.68. The predicted octanol–water partition coefficient (Wildman–Crippen LogP) is 5.01. The van der Waals surface area contributed by atoms with Gasteiger partial charge in [0.25, 0.3) is 5.56 Å². The van der Waals surface area contributed by atoms with Crippen molar-refractivity contribution in [3.63, 3.8) is 0 Å². The number of aryl methyl sites for hydroxylation is 2. The zero-order valence-corrected chi connectivity index (χ0v) is 16.0. The minimum atomic E-state index is -0.0450. The summed E-state index contributed by atoms with van der Waals surface area (Å²) in [6.45, 7) is 2.52. The Kier molecular flexibility index (Phi) is 4.62. The summed E-state index contributed by atoms with van der Waals surface area (Å²) in [7, 11) is 1.78. The summed E-state index contributed by atoms with van der Waals surface area (Å²) in [5.41, 5.74) is 1.51. The Labute approximate surface area is 157 Å². The third-order valence-corrected chi connectivity index (χ3v) is 5.90. The lowest BCUT2D eigenvalue weighted by molar-refractivity contribution is 0.247. The normalized spacial score (nSPS) is 14.7. The number of pyridine rings is 2. The van der Waals surface area contributed by atoms with E-state index in [4.69, 9.17) is 16.3 Å². The first-order chi connectivity index (χ1) is 12.6. The van der Waals surface area contributed by atoms with Crippen LogP contribution in [0.5, 0.6) is 5.75 Å². The Hall–Kier alpha value is -2.07. The van der Waals surface area contributed by atoms with Crippen molar-refractivity contribution in [1.29, 1.82) is 0 Å². The molecule has 26 heavy (non-hydrogen) atoms. The van der Waals surface area contributed by atoms with Gasteiger partial charge in [-0.2, -0.15) is 0 Å². The maximum absolute atomic E-state index is 12.8. The average molecular weight is 371 g/mol. The molecule has 1 aliphatic rings. The van der Waals surface area contributed by atoms with Crippen LogP contribution in [0.15, 0.2) is 29.2 Å². The summed E-state index contributed by atoms with van der Waals surface area (Å²) < 4.78 is 7.59. The fraction of sp³-hybridized carbons (Fsp3) is 0.429. The van der Waals surface area contributed by atoms with E-state index in [9.17, 15) is 4.79 Å². The molecule has 1 aliphatic carbocycles. The molecular weight excluding hydrogens is 348 g/mol. The molecule has 0 atom stereocenters. The van der Waals surface area contributed by atoms with Crippen molar-refractivity contribution in [3.8, 4) is 5.75 Å². The van der Waals surface area contributed by atoms with Gasteiger partial charge in [-0.3, -0.25) is 9.78 Å². The Morgan fingerprint density at radius 2 is 2.12 bits per heavy atom. The van der Waals surface area contributed by atoms with Gasteiger partial charge in [0.1, 0.15) is 5.75 Å². The highest BCUT2D eigenvalue weighted by molar-refractivity contribution is 6.33. The fourth-order valence-electron chi connectivity index (χ4n) is 3.82. The van der Waals surface area contributed by atoms with Crippen LogP contribution in [-0.2, 0) is 7.05 Å². The van der Waals surface area contributed by atoms with E-state index in [0.29, 0.717) is 22.8 Å². The minimum Gasteiger partial charge on any atom is -0.492 e. The van der Waals surface area contributed by atoms with Crippen LogP contribution in [0, 0.1) is 12.8 Å². The average Bonchev–Trinajstić information content (AvgIpc) is 2.58. The number of benzene rings is 1. The molecule has 0 bridgehead atoms. The summed E-state index contributed by atoms with van der Waals surface area (Å²) in [6, 6.07) is 5.67. The van der Waals surface area contributed by atoms with Gasteiger partial charge in [-0.1, -0.05) is 30.9 Å². The second kappa shape index (κ2) is 6.92. The predicted molar refractivity (Wildman–Crippen MR) is 106 cm³/mol. The SMILES string of the molecule is Cc1nccc2c1c(=O)n(C)c1cc(OCCCC3CCC3)c(Cl)cc21. The van der Waals surface area contributed by atoms with Crippen molar-refractivity contribution < 1.29 is 4.74 Å². The second-order valence-electron chi connectivity index (χ2n) is 7.27. The third-order valence-electron chi connectivity index (χ3n) is 5.60. The molecule has 0 unspecified atom stereocenters. The quantitative estimate of drug-likeness (QED) is 0.468. The molecule has 1 aromatic carbocycles. The van der Waals surface area contributed by atoms with Crippen LogP contribution in [0.1, 0.15) is 37.8 Å². The van der Waals surface area contributed by atoms with Gasteiger partial charge >= 0.3 is 0 Å². The smallest absolute Gasteiger partial charge is 0.260 e. The molecule has 4 rings (SSSR count). The van der Waals surface area contributed by atoms with E-state index in [1.807, 2.05) is 25.1 Å². The lowest BCUT2D eigenvalue weighted by Crippen LogP contribution is -2.18. The molecule has 5 heteroatoms. The van der Waals surface area contributed by atoms with Crippen molar-refractivity contribution in [2.75, 3.05) is 6.61 Å². The maximum Gasteiger partial charge on any atom is 0.260 e. The number of aromatic nitrogens is 2. The monoisotopic (exact) mass is 370 g/mol. The number of rotatable bonds is 5. The van der Waals surface area contributed by atoms with Gasteiger partial charge in [0.2, 0.25) is 0 Å². The molecule has 1 saturated carbocycles. The first kappa shape index (κ1) is 17.3. The standard InChI is InChI=1S/C21H23ClN2O2/c1-13-20-15(8-9-23-13)16-11-17(22)19(12-18(16)24(2)21(20)25)26-10-4-7-14-5-3-6-14/h8-9,11-12,14H,3-7,10H2,1-2H3. The molecule has 1 fully saturated rings. The molecule has 0 saturated heterocycles. The zero-order valence-electron chi connectivity index (χ0n) is 15.2. The van der Waals surface area contributed by atoms with Gasteiger partial charge in [-0.25, -0.2) is 0 Å². The highest BCUT2D eigenvalue weighted by Gasteiger charge is 2.17. The molecule has 0 N–H and O–H groups in total. The van der Waals surface area contributed by atoms with Crippen LogP contribution < -0.4 is 10.3 Å². The third kappa shape index (κ3) is 2.96. The lowest BCUT2D eigenvalue weighted by atomic mass is 9.82. The Morgan fingerprint density at radius 1 is 1.31 bits per heavy atom. The van der Waals surface area contributed by atoms with Gasteiger partial charge in [0.15, 0.2) is 0 Å². The van der Waals surface area contributed by atoms with Crippen LogP contribution in [0.3, 0.4) is 0 Å². The van der Waals surface area contributed by atoms with E-state index in [2.05, 4.69) is 4.98 Å².